The van der Waals surface area contributed by atoms with Gasteiger partial charge in [-0.3, -0.25) is 9.36 Å². The Bertz CT molecular complexity index is 1040. The zero-order chi connectivity index (χ0) is 19.0. The number of nitrogens with zero attached hydrogens (tertiary/aromatic N) is 3. The Morgan fingerprint density at radius 2 is 1.74 bits per heavy atom. The van der Waals surface area contributed by atoms with Gasteiger partial charge in [0, 0.05) is 31.9 Å². The van der Waals surface area contributed by atoms with E-state index >= 15 is 0 Å². The summed E-state index contributed by atoms with van der Waals surface area (Å²) in [6, 6.07) is 13.8. The molecule has 2 aromatic carbocycles. The summed E-state index contributed by atoms with van der Waals surface area (Å²) in [6.07, 6.45) is 0. The number of H-pyrrole nitrogens is 1. The highest BCUT2D eigenvalue weighted by Crippen LogP contribution is 2.24. The third-order valence-electron chi connectivity index (χ3n) is 5.52. The molecule has 6 nitrogen and oxygen atoms in total. The number of hydrogen-bond acceptors (Lipinski definition) is 3. The standard InChI is InChI=1S/C21H24N4O2/c1-15-6-5-9-18(16(15)2)23-10-12-24(13-11-23)20(26)14-25-19-8-4-3-7-17(19)22-21(25)27/h3-9H,10-14H2,1-2H3,(H,22,27). The third kappa shape index (κ3) is 3.23. The minimum absolute atomic E-state index is 0.0116. The van der Waals surface area contributed by atoms with Gasteiger partial charge in [0.15, 0.2) is 0 Å². The molecule has 0 bridgehead atoms. The second kappa shape index (κ2) is 6.95. The number of imidazole rings is 1. The van der Waals surface area contributed by atoms with Crippen LogP contribution in [0.25, 0.3) is 11.0 Å². The Morgan fingerprint density at radius 3 is 2.52 bits per heavy atom. The van der Waals surface area contributed by atoms with Crippen LogP contribution in [-0.2, 0) is 11.3 Å². The van der Waals surface area contributed by atoms with E-state index in [1.54, 1.807) is 0 Å². The van der Waals surface area contributed by atoms with Crippen molar-refractivity contribution in [1.29, 1.82) is 0 Å². The van der Waals surface area contributed by atoms with Crippen molar-refractivity contribution in [3.8, 4) is 0 Å². The molecule has 2 heterocycles. The van der Waals surface area contributed by atoms with Crippen LogP contribution in [0.4, 0.5) is 5.69 Å². The van der Waals surface area contributed by atoms with Crippen molar-refractivity contribution < 1.29 is 4.79 Å². The summed E-state index contributed by atoms with van der Waals surface area (Å²) in [6.45, 7) is 7.29. The Morgan fingerprint density at radius 1 is 1.00 bits per heavy atom. The summed E-state index contributed by atoms with van der Waals surface area (Å²) in [5.41, 5.74) is 5.11. The summed E-state index contributed by atoms with van der Waals surface area (Å²) in [5.74, 6) is -0.0116. The van der Waals surface area contributed by atoms with Crippen LogP contribution >= 0.6 is 0 Å². The number of hydrogen-bond donors (Lipinski definition) is 1. The first kappa shape index (κ1) is 17.4. The van der Waals surface area contributed by atoms with E-state index in [0.717, 1.165) is 24.1 Å². The first-order chi connectivity index (χ1) is 13.0. The lowest BCUT2D eigenvalue weighted by Crippen LogP contribution is -2.50. The zero-order valence-electron chi connectivity index (χ0n) is 15.7. The molecule has 1 saturated heterocycles. The number of para-hydroxylation sites is 2. The molecule has 0 atom stereocenters. The van der Waals surface area contributed by atoms with Crippen LogP contribution in [0.15, 0.2) is 47.3 Å². The van der Waals surface area contributed by atoms with Gasteiger partial charge in [0.25, 0.3) is 0 Å². The van der Waals surface area contributed by atoms with Crippen LogP contribution in [0.3, 0.4) is 0 Å². The van der Waals surface area contributed by atoms with E-state index in [2.05, 4.69) is 41.9 Å². The van der Waals surface area contributed by atoms with Crippen molar-refractivity contribution in [3.63, 3.8) is 0 Å². The molecule has 0 radical (unpaired) electrons. The van der Waals surface area contributed by atoms with E-state index in [1.807, 2.05) is 29.2 Å². The molecular weight excluding hydrogens is 340 g/mol. The first-order valence-corrected chi connectivity index (χ1v) is 9.31. The largest absolute Gasteiger partial charge is 0.368 e. The van der Waals surface area contributed by atoms with Gasteiger partial charge in [-0.25, -0.2) is 4.79 Å². The maximum Gasteiger partial charge on any atom is 0.326 e. The van der Waals surface area contributed by atoms with Crippen molar-refractivity contribution in [2.75, 3.05) is 31.1 Å². The predicted octanol–water partition coefficient (Wildman–Crippen LogP) is 2.30. The van der Waals surface area contributed by atoms with Gasteiger partial charge >= 0.3 is 5.69 Å². The van der Waals surface area contributed by atoms with Crippen LogP contribution in [0, 0.1) is 13.8 Å². The molecule has 3 aromatic rings. The van der Waals surface area contributed by atoms with Gasteiger partial charge in [-0.15, -0.1) is 0 Å². The predicted molar refractivity (Wildman–Crippen MR) is 107 cm³/mol. The lowest BCUT2D eigenvalue weighted by Gasteiger charge is -2.37. The second-order valence-corrected chi connectivity index (χ2v) is 7.12. The van der Waals surface area contributed by atoms with Crippen molar-refractivity contribution in [2.24, 2.45) is 0 Å². The number of carbonyl (C=O) groups is 1. The van der Waals surface area contributed by atoms with Gasteiger partial charge in [-0.1, -0.05) is 24.3 Å². The number of aryl methyl sites for hydroxylation is 1. The summed E-state index contributed by atoms with van der Waals surface area (Å²) in [7, 11) is 0. The van der Waals surface area contributed by atoms with Gasteiger partial charge in [0.1, 0.15) is 6.54 Å². The summed E-state index contributed by atoms with van der Waals surface area (Å²) in [4.78, 5) is 31.9. The Kier molecular flexibility index (Phi) is 4.48. The van der Waals surface area contributed by atoms with Gasteiger partial charge in [0.05, 0.1) is 11.0 Å². The topological polar surface area (TPSA) is 61.3 Å². The number of fused-ring (bicyclic) bond motifs is 1. The molecule has 1 fully saturated rings. The highest BCUT2D eigenvalue weighted by Gasteiger charge is 2.23. The van der Waals surface area contributed by atoms with Crippen molar-refractivity contribution in [1.82, 2.24) is 14.5 Å². The average molecular weight is 364 g/mol. The monoisotopic (exact) mass is 364 g/mol. The maximum atomic E-state index is 12.8. The number of nitrogens with one attached hydrogen (secondary N) is 1. The molecule has 1 aromatic heterocycles. The molecule has 1 aliphatic heterocycles. The van der Waals surface area contributed by atoms with Crippen LogP contribution in [0.2, 0.25) is 0 Å². The number of aromatic amines is 1. The lowest BCUT2D eigenvalue weighted by molar-refractivity contribution is -0.132. The number of rotatable bonds is 3. The average Bonchev–Trinajstić information content (AvgIpc) is 2.99. The number of benzene rings is 2. The smallest absolute Gasteiger partial charge is 0.326 e. The van der Waals surface area contributed by atoms with E-state index in [4.69, 9.17) is 0 Å². The normalized spacial score (nSPS) is 14.7. The van der Waals surface area contributed by atoms with Crippen molar-refractivity contribution >= 4 is 22.6 Å². The van der Waals surface area contributed by atoms with Crippen LogP contribution in [0.5, 0.6) is 0 Å². The molecule has 1 aliphatic rings. The maximum absolute atomic E-state index is 12.8. The molecule has 6 heteroatoms. The second-order valence-electron chi connectivity index (χ2n) is 7.12. The van der Waals surface area contributed by atoms with Gasteiger partial charge in [0.2, 0.25) is 5.91 Å². The number of amides is 1. The Labute approximate surface area is 158 Å². The van der Waals surface area contributed by atoms with E-state index in [0.29, 0.717) is 13.1 Å². The summed E-state index contributed by atoms with van der Waals surface area (Å²) >= 11 is 0. The molecule has 0 aliphatic carbocycles. The van der Waals surface area contributed by atoms with Gasteiger partial charge in [-0.05, 0) is 43.2 Å². The molecule has 4 rings (SSSR count). The first-order valence-electron chi connectivity index (χ1n) is 9.31. The van der Waals surface area contributed by atoms with Crippen LogP contribution < -0.4 is 10.6 Å². The summed E-state index contributed by atoms with van der Waals surface area (Å²) in [5, 5.41) is 0. The highest BCUT2D eigenvalue weighted by molar-refractivity contribution is 5.80. The Hall–Kier alpha value is -3.02. The fourth-order valence-electron chi connectivity index (χ4n) is 3.77. The SMILES string of the molecule is Cc1cccc(N2CCN(C(=O)Cn3c(=O)[nH]c4ccccc43)CC2)c1C. The fraction of sp³-hybridized carbons (Fsp3) is 0.333. The number of anilines is 1. The number of carbonyl (C=O) groups excluding carboxylic acids is 1. The minimum atomic E-state index is -0.237. The highest BCUT2D eigenvalue weighted by atomic mass is 16.2. The fourth-order valence-corrected chi connectivity index (χ4v) is 3.77. The third-order valence-corrected chi connectivity index (χ3v) is 5.52. The molecule has 27 heavy (non-hydrogen) atoms. The van der Waals surface area contributed by atoms with Crippen LogP contribution in [-0.4, -0.2) is 46.5 Å². The minimum Gasteiger partial charge on any atom is -0.368 e. The van der Waals surface area contributed by atoms with Gasteiger partial charge < -0.3 is 14.8 Å². The number of aromatic nitrogens is 2. The Balaban J connectivity index is 1.45. The molecule has 140 valence electrons. The molecule has 0 unspecified atom stereocenters. The quantitative estimate of drug-likeness (QED) is 0.776. The van der Waals surface area contributed by atoms with Gasteiger partial charge in [-0.2, -0.15) is 0 Å². The van der Waals surface area contributed by atoms with E-state index < -0.39 is 0 Å². The molecule has 0 saturated carbocycles. The van der Waals surface area contributed by atoms with Crippen molar-refractivity contribution in [2.45, 2.75) is 20.4 Å². The molecule has 1 amide bonds. The zero-order valence-corrected chi connectivity index (χ0v) is 15.7. The number of piperazine rings is 1. The van der Waals surface area contributed by atoms with E-state index in [9.17, 15) is 9.59 Å². The van der Waals surface area contributed by atoms with E-state index in [-0.39, 0.29) is 18.1 Å². The lowest BCUT2D eigenvalue weighted by atomic mass is 10.1. The summed E-state index contributed by atoms with van der Waals surface area (Å²) < 4.78 is 1.52. The molecule has 1 N–H and O–H groups in total. The van der Waals surface area contributed by atoms with Crippen LogP contribution in [0.1, 0.15) is 11.1 Å². The molecule has 0 spiro atoms. The van der Waals surface area contributed by atoms with Crippen molar-refractivity contribution in [3.05, 3.63) is 64.1 Å². The van der Waals surface area contributed by atoms with E-state index in [1.165, 1.54) is 21.4 Å². The molecular formula is C21H24N4O2.